The van der Waals surface area contributed by atoms with Crippen molar-refractivity contribution in [2.75, 3.05) is 0 Å². The Bertz CT molecular complexity index is 719. The predicted octanol–water partition coefficient (Wildman–Crippen LogP) is 5.23. The lowest BCUT2D eigenvalue weighted by Gasteiger charge is -2.11. The molecule has 102 valence electrons. The first-order chi connectivity index (χ1) is 9.63. The van der Waals surface area contributed by atoms with Gasteiger partial charge in [0.05, 0.1) is 10.2 Å². The largest absolute Gasteiger partial charge is 0.324 e. The van der Waals surface area contributed by atoms with Crippen molar-refractivity contribution in [2.45, 2.75) is 22.2 Å². The second-order valence-electron chi connectivity index (χ2n) is 4.52. The zero-order valence-corrected chi connectivity index (χ0v) is 14.1. The van der Waals surface area contributed by atoms with Crippen LogP contribution in [0.4, 0.5) is 0 Å². The summed E-state index contributed by atoms with van der Waals surface area (Å²) in [5.41, 5.74) is 8.26. The van der Waals surface area contributed by atoms with E-state index in [1.807, 2.05) is 31.2 Å². The molecule has 0 radical (unpaired) electrons. The highest BCUT2D eigenvalue weighted by Crippen LogP contribution is 2.38. The number of thiazole rings is 1. The summed E-state index contributed by atoms with van der Waals surface area (Å²) in [6.45, 7) is 2.00. The van der Waals surface area contributed by atoms with Gasteiger partial charge in [0.25, 0.3) is 0 Å². The highest BCUT2D eigenvalue weighted by Gasteiger charge is 2.11. The van der Waals surface area contributed by atoms with Crippen molar-refractivity contribution in [3.8, 4) is 0 Å². The third-order valence-corrected chi connectivity index (χ3v) is 5.62. The highest BCUT2D eigenvalue weighted by atomic mass is 79.9. The lowest BCUT2D eigenvalue weighted by molar-refractivity contribution is 0.796. The number of hydrogen-bond acceptors (Lipinski definition) is 4. The van der Waals surface area contributed by atoms with E-state index < -0.39 is 0 Å². The SMILES string of the molecule is CC(N)c1cc(Br)ccc1Sc1nc2ccccc2s1. The van der Waals surface area contributed by atoms with Crippen molar-refractivity contribution in [2.24, 2.45) is 5.73 Å². The summed E-state index contributed by atoms with van der Waals surface area (Å²) >= 11 is 6.90. The summed E-state index contributed by atoms with van der Waals surface area (Å²) in [6.07, 6.45) is 0. The number of halogens is 1. The van der Waals surface area contributed by atoms with Crippen LogP contribution in [0, 0.1) is 0 Å². The van der Waals surface area contributed by atoms with Crippen molar-refractivity contribution in [3.05, 3.63) is 52.5 Å². The minimum atomic E-state index is 0.00405. The van der Waals surface area contributed by atoms with Gasteiger partial charge in [-0.2, -0.15) is 0 Å². The van der Waals surface area contributed by atoms with E-state index in [1.165, 1.54) is 9.60 Å². The second kappa shape index (κ2) is 5.85. The minimum absolute atomic E-state index is 0.00405. The lowest BCUT2D eigenvalue weighted by Crippen LogP contribution is -2.06. The fraction of sp³-hybridized carbons (Fsp3) is 0.133. The number of rotatable bonds is 3. The molecule has 0 spiro atoms. The number of para-hydroxylation sites is 1. The molecule has 1 aromatic heterocycles. The Morgan fingerprint density at radius 3 is 2.80 bits per heavy atom. The molecular weight excluding hydrogens is 352 g/mol. The number of benzene rings is 2. The number of aromatic nitrogens is 1. The maximum atomic E-state index is 6.06. The molecule has 0 aliphatic carbocycles. The molecule has 1 heterocycles. The van der Waals surface area contributed by atoms with Crippen LogP contribution in [0.5, 0.6) is 0 Å². The highest BCUT2D eigenvalue weighted by molar-refractivity contribution is 9.10. The molecule has 2 nitrogen and oxygen atoms in total. The summed E-state index contributed by atoms with van der Waals surface area (Å²) in [5, 5.41) is 0. The fourth-order valence-corrected chi connectivity index (χ4v) is 4.57. The van der Waals surface area contributed by atoms with Crippen molar-refractivity contribution in [3.63, 3.8) is 0 Å². The van der Waals surface area contributed by atoms with E-state index in [4.69, 9.17) is 5.73 Å². The van der Waals surface area contributed by atoms with Gasteiger partial charge in [-0.15, -0.1) is 11.3 Å². The zero-order chi connectivity index (χ0) is 14.1. The van der Waals surface area contributed by atoms with E-state index in [0.717, 1.165) is 19.9 Å². The summed E-state index contributed by atoms with van der Waals surface area (Å²) in [5.74, 6) is 0. The van der Waals surface area contributed by atoms with E-state index in [0.29, 0.717) is 0 Å². The summed E-state index contributed by atoms with van der Waals surface area (Å²) in [4.78, 5) is 5.83. The van der Waals surface area contributed by atoms with Crippen LogP contribution in [-0.4, -0.2) is 4.98 Å². The molecule has 0 aliphatic rings. The van der Waals surface area contributed by atoms with Crippen molar-refractivity contribution in [1.82, 2.24) is 4.98 Å². The van der Waals surface area contributed by atoms with Gasteiger partial charge in [0.1, 0.15) is 0 Å². The Morgan fingerprint density at radius 1 is 1.25 bits per heavy atom. The van der Waals surface area contributed by atoms with Gasteiger partial charge in [-0.3, -0.25) is 0 Å². The topological polar surface area (TPSA) is 38.9 Å². The summed E-state index contributed by atoms with van der Waals surface area (Å²) < 4.78 is 3.32. The molecule has 2 aromatic carbocycles. The molecule has 1 unspecified atom stereocenters. The summed E-state index contributed by atoms with van der Waals surface area (Å²) in [6, 6.07) is 14.4. The Labute approximate surface area is 134 Å². The van der Waals surface area contributed by atoms with Crippen LogP contribution in [0.25, 0.3) is 10.2 Å². The Kier molecular flexibility index (Phi) is 4.12. The van der Waals surface area contributed by atoms with Crippen LogP contribution in [-0.2, 0) is 0 Å². The molecule has 2 N–H and O–H groups in total. The standard InChI is InChI=1S/C15H13BrN2S2/c1-9(17)11-8-10(16)6-7-13(11)19-15-18-12-4-2-3-5-14(12)20-15/h2-9H,17H2,1H3. The van der Waals surface area contributed by atoms with Crippen LogP contribution >= 0.6 is 39.0 Å². The molecule has 0 saturated carbocycles. The van der Waals surface area contributed by atoms with Crippen molar-refractivity contribution >= 4 is 49.2 Å². The predicted molar refractivity (Wildman–Crippen MR) is 90.5 cm³/mol. The number of nitrogens with zero attached hydrogens (tertiary/aromatic N) is 1. The molecule has 1 atom stereocenters. The van der Waals surface area contributed by atoms with E-state index in [-0.39, 0.29) is 6.04 Å². The molecular formula is C15H13BrN2S2. The normalized spacial score (nSPS) is 12.8. The Hall–Kier alpha value is -0.880. The molecule has 20 heavy (non-hydrogen) atoms. The first kappa shape index (κ1) is 14.1. The van der Waals surface area contributed by atoms with Gasteiger partial charge in [0.15, 0.2) is 4.34 Å². The second-order valence-corrected chi connectivity index (χ2v) is 7.76. The average molecular weight is 365 g/mol. The fourth-order valence-electron chi connectivity index (χ4n) is 1.96. The molecule has 0 fully saturated rings. The van der Waals surface area contributed by atoms with Crippen LogP contribution in [0.2, 0.25) is 0 Å². The number of nitrogens with two attached hydrogens (primary N) is 1. The first-order valence-electron chi connectivity index (χ1n) is 6.22. The van der Waals surface area contributed by atoms with Gasteiger partial charge in [0.2, 0.25) is 0 Å². The van der Waals surface area contributed by atoms with Crippen LogP contribution in [0.1, 0.15) is 18.5 Å². The number of fused-ring (bicyclic) bond motifs is 1. The Morgan fingerprint density at radius 2 is 2.05 bits per heavy atom. The maximum absolute atomic E-state index is 6.06. The summed E-state index contributed by atoms with van der Waals surface area (Å²) in [7, 11) is 0. The quantitative estimate of drug-likeness (QED) is 0.691. The molecule has 0 aliphatic heterocycles. The lowest BCUT2D eigenvalue weighted by atomic mass is 10.1. The number of hydrogen-bond donors (Lipinski definition) is 1. The van der Waals surface area contributed by atoms with Gasteiger partial charge >= 0.3 is 0 Å². The first-order valence-corrected chi connectivity index (χ1v) is 8.64. The zero-order valence-electron chi connectivity index (χ0n) is 10.8. The molecule has 0 amide bonds. The monoisotopic (exact) mass is 364 g/mol. The van der Waals surface area contributed by atoms with E-state index in [2.05, 4.69) is 39.1 Å². The smallest absolute Gasteiger partial charge is 0.155 e. The van der Waals surface area contributed by atoms with Crippen molar-refractivity contribution < 1.29 is 0 Å². The molecule has 3 aromatic rings. The van der Waals surface area contributed by atoms with Gasteiger partial charge in [-0.05, 0) is 42.8 Å². The minimum Gasteiger partial charge on any atom is -0.324 e. The van der Waals surface area contributed by atoms with Crippen LogP contribution < -0.4 is 5.73 Å². The van der Waals surface area contributed by atoms with Gasteiger partial charge in [0, 0.05) is 15.4 Å². The van der Waals surface area contributed by atoms with E-state index >= 15 is 0 Å². The Balaban J connectivity index is 1.98. The van der Waals surface area contributed by atoms with Crippen LogP contribution in [0.3, 0.4) is 0 Å². The van der Waals surface area contributed by atoms with Crippen LogP contribution in [0.15, 0.2) is 56.2 Å². The van der Waals surface area contributed by atoms with E-state index in [1.54, 1.807) is 23.1 Å². The molecule has 5 heteroatoms. The van der Waals surface area contributed by atoms with Gasteiger partial charge in [-0.1, -0.05) is 39.8 Å². The third-order valence-electron chi connectivity index (χ3n) is 2.93. The molecule has 0 bridgehead atoms. The van der Waals surface area contributed by atoms with Gasteiger partial charge in [-0.25, -0.2) is 4.98 Å². The third kappa shape index (κ3) is 2.91. The van der Waals surface area contributed by atoms with Gasteiger partial charge < -0.3 is 5.73 Å². The average Bonchev–Trinajstić information content (AvgIpc) is 2.82. The maximum Gasteiger partial charge on any atom is 0.155 e. The van der Waals surface area contributed by atoms with Crippen molar-refractivity contribution in [1.29, 1.82) is 0 Å². The molecule has 3 rings (SSSR count). The van der Waals surface area contributed by atoms with E-state index in [9.17, 15) is 0 Å². The molecule has 0 saturated heterocycles.